The Morgan fingerprint density at radius 3 is 2.50 bits per heavy atom. The number of nitrogens with one attached hydrogen (secondary N) is 2. The first kappa shape index (κ1) is 14.9. The quantitative estimate of drug-likeness (QED) is 0.911. The van der Waals surface area contributed by atoms with Crippen molar-refractivity contribution in [2.45, 2.75) is 38.1 Å². The highest BCUT2D eigenvalue weighted by molar-refractivity contribution is 7.92. The molecule has 0 saturated carbocycles. The van der Waals surface area contributed by atoms with E-state index in [2.05, 4.69) is 17.0 Å². The molecular weight excluding hydrogens is 296 g/mol. The second-order valence-electron chi connectivity index (χ2n) is 5.94. The number of benzene rings is 2. The van der Waals surface area contributed by atoms with E-state index in [0.717, 1.165) is 28.8 Å². The summed E-state index contributed by atoms with van der Waals surface area (Å²) in [4.78, 5) is 0.310. The van der Waals surface area contributed by atoms with Crippen molar-refractivity contribution < 1.29 is 8.42 Å². The summed E-state index contributed by atoms with van der Waals surface area (Å²) >= 11 is 0. The van der Waals surface area contributed by atoms with Crippen molar-refractivity contribution in [1.82, 2.24) is 0 Å². The van der Waals surface area contributed by atoms with Crippen LogP contribution in [-0.4, -0.2) is 14.5 Å². The van der Waals surface area contributed by atoms with Gasteiger partial charge in [-0.3, -0.25) is 4.72 Å². The Labute approximate surface area is 131 Å². The molecule has 1 atom stereocenters. The highest BCUT2D eigenvalue weighted by Gasteiger charge is 2.22. The summed E-state index contributed by atoms with van der Waals surface area (Å²) in [5.74, 6) is 0. The fourth-order valence-corrected chi connectivity index (χ4v) is 4.12. The normalized spacial score (nSPS) is 17.0. The molecule has 116 valence electrons. The Morgan fingerprint density at radius 1 is 1.14 bits per heavy atom. The van der Waals surface area contributed by atoms with Crippen LogP contribution in [0.5, 0.6) is 0 Å². The molecule has 2 aromatic carbocycles. The van der Waals surface area contributed by atoms with Crippen LogP contribution in [0.25, 0.3) is 0 Å². The number of anilines is 2. The van der Waals surface area contributed by atoms with Crippen LogP contribution in [0, 0.1) is 13.8 Å². The Kier molecular flexibility index (Phi) is 3.60. The Morgan fingerprint density at radius 2 is 1.82 bits per heavy atom. The van der Waals surface area contributed by atoms with Crippen LogP contribution < -0.4 is 10.0 Å². The number of sulfonamides is 1. The number of hydrogen-bond acceptors (Lipinski definition) is 3. The molecule has 0 radical (unpaired) electrons. The molecule has 0 aromatic heterocycles. The van der Waals surface area contributed by atoms with E-state index < -0.39 is 10.0 Å². The summed E-state index contributed by atoms with van der Waals surface area (Å²) in [6, 6.07) is 11.3. The Hall–Kier alpha value is -2.01. The first-order chi connectivity index (χ1) is 10.4. The van der Waals surface area contributed by atoms with Gasteiger partial charge in [-0.2, -0.15) is 0 Å². The molecule has 3 rings (SSSR count). The number of para-hydroxylation sites is 1. The molecule has 0 bridgehead atoms. The van der Waals surface area contributed by atoms with E-state index in [4.69, 9.17) is 0 Å². The van der Waals surface area contributed by atoms with E-state index >= 15 is 0 Å². The molecule has 1 aliphatic heterocycles. The van der Waals surface area contributed by atoms with E-state index in [1.54, 1.807) is 12.1 Å². The smallest absolute Gasteiger partial charge is 0.261 e. The third kappa shape index (κ3) is 2.68. The number of fused-ring (bicyclic) bond motifs is 1. The zero-order valence-electron chi connectivity index (χ0n) is 13.0. The largest absolute Gasteiger partial charge is 0.382 e. The zero-order valence-corrected chi connectivity index (χ0v) is 13.8. The molecule has 0 spiro atoms. The van der Waals surface area contributed by atoms with Crippen molar-refractivity contribution in [2.75, 3.05) is 10.0 Å². The topological polar surface area (TPSA) is 58.2 Å². The fraction of sp³-hybridized carbons (Fsp3) is 0.294. The minimum Gasteiger partial charge on any atom is -0.382 e. The fourth-order valence-electron chi connectivity index (χ4n) is 2.86. The van der Waals surface area contributed by atoms with Crippen LogP contribution in [-0.2, 0) is 16.4 Å². The minimum atomic E-state index is -3.58. The molecule has 0 amide bonds. The van der Waals surface area contributed by atoms with Crippen molar-refractivity contribution in [2.24, 2.45) is 0 Å². The molecule has 1 heterocycles. The lowest BCUT2D eigenvalue weighted by Crippen LogP contribution is -2.14. The molecule has 0 aliphatic carbocycles. The predicted octanol–water partition coefficient (Wildman–Crippen LogP) is 3.46. The maximum absolute atomic E-state index is 12.7. The third-order valence-electron chi connectivity index (χ3n) is 4.03. The van der Waals surface area contributed by atoms with Crippen LogP contribution in [0.1, 0.15) is 23.6 Å². The van der Waals surface area contributed by atoms with E-state index in [9.17, 15) is 8.42 Å². The van der Waals surface area contributed by atoms with Crippen LogP contribution in [0.15, 0.2) is 41.3 Å². The number of hydrogen-bond donors (Lipinski definition) is 2. The predicted molar refractivity (Wildman–Crippen MR) is 90.0 cm³/mol. The number of rotatable bonds is 3. The Balaban J connectivity index is 1.96. The van der Waals surface area contributed by atoms with Crippen molar-refractivity contribution in [3.63, 3.8) is 0 Å². The summed E-state index contributed by atoms with van der Waals surface area (Å²) in [5.41, 5.74) is 4.57. The van der Waals surface area contributed by atoms with Crippen LogP contribution in [0.4, 0.5) is 11.4 Å². The summed E-state index contributed by atoms with van der Waals surface area (Å²) < 4.78 is 28.0. The summed E-state index contributed by atoms with van der Waals surface area (Å²) in [6.45, 7) is 5.89. The first-order valence-electron chi connectivity index (χ1n) is 7.35. The average Bonchev–Trinajstić information content (AvgIpc) is 2.82. The first-order valence-corrected chi connectivity index (χ1v) is 8.83. The van der Waals surface area contributed by atoms with Gasteiger partial charge in [-0.15, -0.1) is 0 Å². The van der Waals surface area contributed by atoms with E-state index in [1.165, 1.54) is 0 Å². The minimum absolute atomic E-state index is 0.310. The van der Waals surface area contributed by atoms with Crippen molar-refractivity contribution >= 4 is 21.4 Å². The lowest BCUT2D eigenvalue weighted by Gasteiger charge is -2.13. The van der Waals surface area contributed by atoms with Crippen LogP contribution in [0.3, 0.4) is 0 Å². The van der Waals surface area contributed by atoms with Crippen molar-refractivity contribution in [3.8, 4) is 0 Å². The van der Waals surface area contributed by atoms with Crippen LogP contribution in [0.2, 0.25) is 0 Å². The summed E-state index contributed by atoms with van der Waals surface area (Å²) in [7, 11) is -3.58. The molecule has 0 unspecified atom stereocenters. The van der Waals surface area contributed by atoms with Gasteiger partial charge in [0.1, 0.15) is 0 Å². The van der Waals surface area contributed by atoms with Gasteiger partial charge in [0.15, 0.2) is 0 Å². The van der Waals surface area contributed by atoms with Gasteiger partial charge in [0.05, 0.1) is 10.6 Å². The third-order valence-corrected chi connectivity index (χ3v) is 5.38. The van der Waals surface area contributed by atoms with Gasteiger partial charge in [0.25, 0.3) is 10.0 Å². The summed E-state index contributed by atoms with van der Waals surface area (Å²) in [6.07, 6.45) is 0.849. The van der Waals surface area contributed by atoms with Crippen LogP contribution >= 0.6 is 0 Å². The second kappa shape index (κ2) is 5.32. The van der Waals surface area contributed by atoms with Gasteiger partial charge < -0.3 is 5.32 Å². The molecule has 2 aromatic rings. The Bertz CT molecular complexity index is 808. The van der Waals surface area contributed by atoms with Crippen molar-refractivity contribution in [3.05, 3.63) is 53.1 Å². The maximum Gasteiger partial charge on any atom is 0.261 e. The van der Waals surface area contributed by atoms with Gasteiger partial charge in [-0.1, -0.05) is 18.2 Å². The maximum atomic E-state index is 12.7. The van der Waals surface area contributed by atoms with Crippen molar-refractivity contribution in [1.29, 1.82) is 0 Å². The number of aryl methyl sites for hydroxylation is 2. The molecule has 0 fully saturated rings. The van der Waals surface area contributed by atoms with Gasteiger partial charge in [-0.25, -0.2) is 8.42 Å². The van der Waals surface area contributed by atoms with Gasteiger partial charge in [0, 0.05) is 11.7 Å². The summed E-state index contributed by atoms with van der Waals surface area (Å²) in [5, 5.41) is 3.33. The molecule has 2 N–H and O–H groups in total. The standard InChI is InChI=1S/C17H20N2O2S/c1-11-5-4-6-12(2)17(11)19-22(20,21)15-7-8-16-14(10-15)9-13(3)18-16/h4-8,10,13,18-19H,9H2,1-3H3/t13-/m1/s1. The molecule has 5 heteroatoms. The zero-order chi connectivity index (χ0) is 15.9. The highest BCUT2D eigenvalue weighted by atomic mass is 32.2. The molecule has 1 aliphatic rings. The van der Waals surface area contributed by atoms with Gasteiger partial charge in [-0.05, 0) is 62.1 Å². The van der Waals surface area contributed by atoms with Gasteiger partial charge >= 0.3 is 0 Å². The molecular formula is C17H20N2O2S. The average molecular weight is 316 g/mol. The van der Waals surface area contributed by atoms with E-state index in [1.807, 2.05) is 38.1 Å². The lowest BCUT2D eigenvalue weighted by atomic mass is 10.1. The molecule has 22 heavy (non-hydrogen) atoms. The molecule has 0 saturated heterocycles. The monoisotopic (exact) mass is 316 g/mol. The lowest BCUT2D eigenvalue weighted by molar-refractivity contribution is 0.601. The van der Waals surface area contributed by atoms with E-state index in [0.29, 0.717) is 16.6 Å². The SMILES string of the molecule is Cc1cccc(C)c1NS(=O)(=O)c1ccc2c(c1)C[C@@H](C)N2. The second-order valence-corrected chi connectivity index (χ2v) is 7.62. The van der Waals surface area contributed by atoms with Gasteiger partial charge in [0.2, 0.25) is 0 Å². The highest BCUT2D eigenvalue weighted by Crippen LogP contribution is 2.29. The van der Waals surface area contributed by atoms with E-state index in [-0.39, 0.29) is 0 Å². The molecule has 4 nitrogen and oxygen atoms in total.